The lowest BCUT2D eigenvalue weighted by Gasteiger charge is -2.29. The number of halogens is 1. The number of nitrogens with one attached hydrogen (secondary N) is 1. The number of rotatable bonds is 1. The topological polar surface area (TPSA) is 28.2 Å². The molecule has 2 unspecified atom stereocenters. The summed E-state index contributed by atoms with van der Waals surface area (Å²) in [5.41, 5.74) is 0. The molecule has 0 aromatic carbocycles. The van der Waals surface area contributed by atoms with Gasteiger partial charge in [0.25, 0.3) is 0 Å². The maximum absolute atomic E-state index is 5.45. The molecule has 3 nitrogen and oxygen atoms in total. The van der Waals surface area contributed by atoms with Crippen molar-refractivity contribution in [1.82, 2.24) is 9.88 Å². The average Bonchev–Trinajstić information content (AvgIpc) is 2.62. The summed E-state index contributed by atoms with van der Waals surface area (Å²) in [4.78, 5) is 6.53. The third-order valence-corrected chi connectivity index (χ3v) is 3.93. The van der Waals surface area contributed by atoms with Gasteiger partial charge in [-0.2, -0.15) is 0 Å². The summed E-state index contributed by atoms with van der Waals surface area (Å²) >= 11 is 8.81. The van der Waals surface area contributed by atoms with Gasteiger partial charge in [0.1, 0.15) is 5.82 Å². The Labute approximate surface area is 116 Å². The SMILES string of the molecule is CC1CCC(C)N1C(=S)Nc1ccc(Br)cn1. The van der Waals surface area contributed by atoms with Gasteiger partial charge >= 0.3 is 0 Å². The molecule has 0 saturated carbocycles. The van der Waals surface area contributed by atoms with E-state index in [0.29, 0.717) is 12.1 Å². The van der Waals surface area contributed by atoms with Crippen LogP contribution in [0, 0.1) is 0 Å². The van der Waals surface area contributed by atoms with Crippen LogP contribution in [0.5, 0.6) is 0 Å². The van der Waals surface area contributed by atoms with Gasteiger partial charge in [-0.05, 0) is 67.0 Å². The van der Waals surface area contributed by atoms with Crippen LogP contribution in [-0.2, 0) is 0 Å². The quantitative estimate of drug-likeness (QED) is 0.804. The predicted molar refractivity (Wildman–Crippen MR) is 78.2 cm³/mol. The summed E-state index contributed by atoms with van der Waals surface area (Å²) in [6, 6.07) is 4.90. The van der Waals surface area contributed by atoms with Crippen molar-refractivity contribution >= 4 is 39.1 Å². The second kappa shape index (κ2) is 5.31. The largest absolute Gasteiger partial charge is 0.344 e. The number of aromatic nitrogens is 1. The van der Waals surface area contributed by atoms with Gasteiger partial charge in [0.2, 0.25) is 0 Å². The Morgan fingerprint density at radius 2 is 2.06 bits per heavy atom. The third-order valence-electron chi connectivity index (χ3n) is 3.15. The highest BCUT2D eigenvalue weighted by molar-refractivity contribution is 9.10. The summed E-state index contributed by atoms with van der Waals surface area (Å²) in [6.45, 7) is 4.43. The van der Waals surface area contributed by atoms with Crippen molar-refractivity contribution in [3.63, 3.8) is 0 Å². The highest BCUT2D eigenvalue weighted by Crippen LogP contribution is 2.24. The predicted octanol–water partition coefficient (Wildman–Crippen LogP) is 3.41. The van der Waals surface area contributed by atoms with E-state index in [1.165, 1.54) is 12.8 Å². The van der Waals surface area contributed by atoms with E-state index in [-0.39, 0.29) is 0 Å². The molecular formula is C12H16BrN3S. The molecule has 1 aromatic rings. The summed E-state index contributed by atoms with van der Waals surface area (Å²) in [5, 5.41) is 3.97. The van der Waals surface area contributed by atoms with Crippen LogP contribution in [-0.4, -0.2) is 27.1 Å². The first-order valence-corrected chi connectivity index (χ1v) is 6.99. The second-order valence-corrected chi connectivity index (χ2v) is 5.78. The molecule has 2 atom stereocenters. The second-order valence-electron chi connectivity index (χ2n) is 4.47. The number of likely N-dealkylation sites (tertiary alicyclic amines) is 1. The molecule has 1 N–H and O–H groups in total. The molecule has 0 amide bonds. The highest BCUT2D eigenvalue weighted by Gasteiger charge is 2.29. The fourth-order valence-corrected chi connectivity index (χ4v) is 2.92. The van der Waals surface area contributed by atoms with Gasteiger partial charge in [-0.3, -0.25) is 0 Å². The van der Waals surface area contributed by atoms with Crippen molar-refractivity contribution in [2.45, 2.75) is 38.8 Å². The molecule has 5 heteroatoms. The smallest absolute Gasteiger partial charge is 0.175 e. The standard InChI is InChI=1S/C12H16BrN3S/c1-8-3-4-9(2)16(8)12(17)15-11-6-5-10(13)7-14-11/h5-9H,3-4H2,1-2H3,(H,14,15,17). The third kappa shape index (κ3) is 2.96. The molecule has 0 radical (unpaired) electrons. The summed E-state index contributed by atoms with van der Waals surface area (Å²) < 4.78 is 0.969. The first-order chi connectivity index (χ1) is 8.08. The van der Waals surface area contributed by atoms with Crippen LogP contribution < -0.4 is 5.32 Å². The highest BCUT2D eigenvalue weighted by atomic mass is 79.9. The van der Waals surface area contributed by atoms with E-state index in [1.54, 1.807) is 6.20 Å². The van der Waals surface area contributed by atoms with Crippen molar-refractivity contribution in [3.05, 3.63) is 22.8 Å². The Bertz CT molecular complexity index is 397. The van der Waals surface area contributed by atoms with Gasteiger partial charge in [-0.15, -0.1) is 0 Å². The minimum atomic E-state index is 0.514. The Morgan fingerprint density at radius 3 is 2.59 bits per heavy atom. The molecule has 92 valence electrons. The number of hydrogen-bond donors (Lipinski definition) is 1. The van der Waals surface area contributed by atoms with Gasteiger partial charge in [0, 0.05) is 22.8 Å². The van der Waals surface area contributed by atoms with Crippen LogP contribution in [0.2, 0.25) is 0 Å². The Balaban J connectivity index is 2.04. The normalized spacial score (nSPS) is 23.8. The molecular weight excluding hydrogens is 298 g/mol. The van der Waals surface area contributed by atoms with Gasteiger partial charge < -0.3 is 10.2 Å². The molecule has 0 aliphatic carbocycles. The number of anilines is 1. The minimum Gasteiger partial charge on any atom is -0.344 e. The van der Waals surface area contributed by atoms with Gasteiger partial charge in [0.05, 0.1) is 0 Å². The Morgan fingerprint density at radius 1 is 1.41 bits per heavy atom. The monoisotopic (exact) mass is 313 g/mol. The summed E-state index contributed by atoms with van der Waals surface area (Å²) in [7, 11) is 0. The maximum atomic E-state index is 5.45. The zero-order chi connectivity index (χ0) is 12.4. The molecule has 0 spiro atoms. The molecule has 2 rings (SSSR count). The van der Waals surface area contributed by atoms with Gasteiger partial charge in [-0.25, -0.2) is 4.98 Å². The number of nitrogens with zero attached hydrogens (tertiary/aromatic N) is 2. The average molecular weight is 314 g/mol. The molecule has 1 aromatic heterocycles. The van der Waals surface area contributed by atoms with Gasteiger partial charge in [0.15, 0.2) is 5.11 Å². The molecule has 1 fully saturated rings. The van der Waals surface area contributed by atoms with Crippen molar-refractivity contribution in [3.8, 4) is 0 Å². The van der Waals surface area contributed by atoms with E-state index in [4.69, 9.17) is 12.2 Å². The van der Waals surface area contributed by atoms with Crippen LogP contribution in [0.25, 0.3) is 0 Å². The van der Waals surface area contributed by atoms with Crippen LogP contribution in [0.15, 0.2) is 22.8 Å². The molecule has 1 aliphatic rings. The van der Waals surface area contributed by atoms with Crippen LogP contribution in [0.3, 0.4) is 0 Å². The van der Waals surface area contributed by atoms with E-state index in [1.807, 2.05) is 12.1 Å². The van der Waals surface area contributed by atoms with E-state index < -0.39 is 0 Å². The van der Waals surface area contributed by atoms with Crippen LogP contribution in [0.1, 0.15) is 26.7 Å². The van der Waals surface area contributed by atoms with Crippen molar-refractivity contribution < 1.29 is 0 Å². The first kappa shape index (κ1) is 12.8. The minimum absolute atomic E-state index is 0.514. The molecule has 17 heavy (non-hydrogen) atoms. The van der Waals surface area contributed by atoms with Crippen molar-refractivity contribution in [2.75, 3.05) is 5.32 Å². The number of pyridine rings is 1. The zero-order valence-corrected chi connectivity index (χ0v) is 12.4. The fraction of sp³-hybridized carbons (Fsp3) is 0.500. The summed E-state index contributed by atoms with van der Waals surface area (Å²) in [5.74, 6) is 0.796. The molecule has 1 aliphatic heterocycles. The molecule has 0 bridgehead atoms. The van der Waals surface area contributed by atoms with Crippen LogP contribution in [0.4, 0.5) is 5.82 Å². The van der Waals surface area contributed by atoms with E-state index in [0.717, 1.165) is 15.4 Å². The molecule has 1 saturated heterocycles. The van der Waals surface area contributed by atoms with E-state index >= 15 is 0 Å². The van der Waals surface area contributed by atoms with Crippen molar-refractivity contribution in [2.24, 2.45) is 0 Å². The summed E-state index contributed by atoms with van der Waals surface area (Å²) in [6.07, 6.45) is 4.18. The van der Waals surface area contributed by atoms with Crippen molar-refractivity contribution in [1.29, 1.82) is 0 Å². The van der Waals surface area contributed by atoms with E-state index in [2.05, 4.69) is 45.0 Å². The fourth-order valence-electron chi connectivity index (χ4n) is 2.22. The first-order valence-electron chi connectivity index (χ1n) is 5.79. The van der Waals surface area contributed by atoms with E-state index in [9.17, 15) is 0 Å². The maximum Gasteiger partial charge on any atom is 0.175 e. The lowest BCUT2D eigenvalue weighted by atomic mass is 10.2. The lowest BCUT2D eigenvalue weighted by Crippen LogP contribution is -2.41. The number of thiocarbonyl (C=S) groups is 1. The Kier molecular flexibility index (Phi) is 3.99. The lowest BCUT2D eigenvalue weighted by molar-refractivity contribution is 0.350. The molecule has 2 heterocycles. The Hall–Kier alpha value is -0.680. The zero-order valence-electron chi connectivity index (χ0n) is 9.98. The van der Waals surface area contributed by atoms with Gasteiger partial charge in [-0.1, -0.05) is 0 Å². The number of hydrogen-bond acceptors (Lipinski definition) is 2. The van der Waals surface area contributed by atoms with Crippen LogP contribution >= 0.6 is 28.1 Å².